The molecule has 0 aliphatic rings. The third-order valence-corrected chi connectivity index (χ3v) is 9.69. The molecule has 0 aliphatic heterocycles. The average Bonchev–Trinajstić information content (AvgIpc) is 3.16. The Bertz CT molecular complexity index is 2580. The summed E-state index contributed by atoms with van der Waals surface area (Å²) in [6.07, 6.45) is 4.48. The van der Waals surface area contributed by atoms with E-state index >= 15 is 0 Å². The van der Waals surface area contributed by atoms with Gasteiger partial charge in [0.05, 0.1) is 0 Å². The molecular weight excluding hydrogens is 577 g/mol. The van der Waals surface area contributed by atoms with Crippen LogP contribution in [0.15, 0.2) is 182 Å². The van der Waals surface area contributed by atoms with Crippen molar-refractivity contribution < 1.29 is 0 Å². The summed E-state index contributed by atoms with van der Waals surface area (Å²) in [4.78, 5) is 0. The van der Waals surface area contributed by atoms with Crippen LogP contribution in [0.4, 0.5) is 0 Å². The molecule has 0 saturated carbocycles. The molecule has 0 N–H and O–H groups in total. The molecule has 0 saturated heterocycles. The van der Waals surface area contributed by atoms with Gasteiger partial charge >= 0.3 is 0 Å². The highest BCUT2D eigenvalue weighted by Gasteiger charge is 2.19. The molecule has 0 nitrogen and oxygen atoms in total. The molecule has 0 atom stereocenters. The molecule has 224 valence electrons. The summed E-state index contributed by atoms with van der Waals surface area (Å²) in [5, 5.41) is 10.1. The first kappa shape index (κ1) is 28.0. The van der Waals surface area contributed by atoms with Gasteiger partial charge in [-0.2, -0.15) is 0 Å². The van der Waals surface area contributed by atoms with Gasteiger partial charge in [-0.25, -0.2) is 0 Å². The fourth-order valence-corrected chi connectivity index (χ4v) is 7.44. The number of rotatable bonds is 5. The van der Waals surface area contributed by atoms with Gasteiger partial charge in [0.15, 0.2) is 0 Å². The number of hydrogen-bond donors (Lipinski definition) is 0. The Morgan fingerprint density at radius 1 is 0.271 bits per heavy atom. The minimum Gasteiger partial charge on any atom is -0.0622 e. The van der Waals surface area contributed by atoms with E-state index in [1.54, 1.807) is 0 Å². The summed E-state index contributed by atoms with van der Waals surface area (Å²) in [7, 11) is 0. The molecule has 0 bridgehead atoms. The highest BCUT2D eigenvalue weighted by Crippen LogP contribution is 2.46. The van der Waals surface area contributed by atoms with E-state index in [0.29, 0.717) is 0 Å². The Labute approximate surface area is 280 Å². The molecule has 0 heterocycles. The van der Waals surface area contributed by atoms with E-state index in [4.69, 9.17) is 0 Å². The van der Waals surface area contributed by atoms with Gasteiger partial charge in [-0.3, -0.25) is 0 Å². The van der Waals surface area contributed by atoms with E-state index in [9.17, 15) is 0 Å². The molecule has 0 unspecified atom stereocenters. The van der Waals surface area contributed by atoms with Crippen molar-refractivity contribution in [3.8, 4) is 33.4 Å². The van der Waals surface area contributed by atoms with Gasteiger partial charge in [-0.05, 0) is 87.6 Å². The maximum atomic E-state index is 2.33. The molecule has 0 amide bonds. The van der Waals surface area contributed by atoms with Crippen LogP contribution in [0.3, 0.4) is 0 Å². The highest BCUT2D eigenvalue weighted by molar-refractivity contribution is 6.25. The van der Waals surface area contributed by atoms with E-state index in [1.165, 1.54) is 87.6 Å². The first-order chi connectivity index (χ1) is 23.8. The van der Waals surface area contributed by atoms with Crippen LogP contribution >= 0.6 is 0 Å². The van der Waals surface area contributed by atoms with Crippen molar-refractivity contribution in [2.75, 3.05) is 0 Å². The molecule has 48 heavy (non-hydrogen) atoms. The van der Waals surface area contributed by atoms with Crippen molar-refractivity contribution in [3.05, 3.63) is 193 Å². The van der Waals surface area contributed by atoms with Gasteiger partial charge in [-0.15, -0.1) is 0 Å². The molecule has 0 aromatic heterocycles. The monoisotopic (exact) mass is 608 g/mol. The van der Waals surface area contributed by atoms with Crippen LogP contribution in [-0.4, -0.2) is 0 Å². The Hall–Kier alpha value is -6.24. The van der Waals surface area contributed by atoms with Gasteiger partial charge in [0.1, 0.15) is 0 Å². The Morgan fingerprint density at radius 3 is 1.40 bits per heavy atom. The molecule has 0 fully saturated rings. The summed E-state index contributed by atoms with van der Waals surface area (Å²) >= 11 is 0. The Morgan fingerprint density at radius 2 is 0.750 bits per heavy atom. The zero-order valence-electron chi connectivity index (χ0n) is 26.5. The summed E-state index contributed by atoms with van der Waals surface area (Å²) in [5.41, 5.74) is 9.97. The summed E-state index contributed by atoms with van der Waals surface area (Å²) < 4.78 is 0. The van der Waals surface area contributed by atoms with E-state index in [0.717, 1.165) is 0 Å². The second-order valence-electron chi connectivity index (χ2n) is 12.4. The van der Waals surface area contributed by atoms with Crippen molar-refractivity contribution >= 4 is 55.2 Å². The van der Waals surface area contributed by atoms with E-state index in [2.05, 4.69) is 194 Å². The SMILES string of the molecule is C(=Cc1ccc(-c2c3ccccc3c(-c3cccc4ccccc34)c3ccccc23)c2ccccc12)c1ccc(-c2ccccc2)cc1. The van der Waals surface area contributed by atoms with Gasteiger partial charge in [0.2, 0.25) is 0 Å². The van der Waals surface area contributed by atoms with Crippen molar-refractivity contribution in [1.82, 2.24) is 0 Å². The predicted octanol–water partition coefficient (Wildman–Crippen LogP) is 13.5. The minimum absolute atomic E-state index is 1.18. The summed E-state index contributed by atoms with van der Waals surface area (Å²) in [5.74, 6) is 0. The molecular formula is C48H32. The minimum atomic E-state index is 1.18. The summed E-state index contributed by atoms with van der Waals surface area (Å²) in [6.45, 7) is 0. The maximum Gasteiger partial charge on any atom is -0.00201 e. The lowest BCUT2D eigenvalue weighted by Gasteiger charge is -2.20. The van der Waals surface area contributed by atoms with Crippen molar-refractivity contribution in [2.24, 2.45) is 0 Å². The van der Waals surface area contributed by atoms with Gasteiger partial charge in [0.25, 0.3) is 0 Å². The molecule has 0 aliphatic carbocycles. The lowest BCUT2D eigenvalue weighted by molar-refractivity contribution is 1.60. The third kappa shape index (κ3) is 4.78. The fourth-order valence-electron chi connectivity index (χ4n) is 7.44. The predicted molar refractivity (Wildman–Crippen MR) is 208 cm³/mol. The van der Waals surface area contributed by atoms with Gasteiger partial charge in [0, 0.05) is 0 Å². The number of fused-ring (bicyclic) bond motifs is 4. The number of hydrogen-bond acceptors (Lipinski definition) is 0. The zero-order chi connectivity index (χ0) is 31.9. The third-order valence-electron chi connectivity index (χ3n) is 9.69. The quantitative estimate of drug-likeness (QED) is 0.135. The Balaban J connectivity index is 1.22. The highest BCUT2D eigenvalue weighted by atomic mass is 14.2. The first-order valence-electron chi connectivity index (χ1n) is 16.6. The average molecular weight is 609 g/mol. The lowest BCUT2D eigenvalue weighted by atomic mass is 9.83. The van der Waals surface area contributed by atoms with Crippen LogP contribution in [0.5, 0.6) is 0 Å². The smallest absolute Gasteiger partial charge is 0.00201 e. The van der Waals surface area contributed by atoms with E-state index in [-0.39, 0.29) is 0 Å². The zero-order valence-corrected chi connectivity index (χ0v) is 26.5. The normalized spacial score (nSPS) is 11.7. The van der Waals surface area contributed by atoms with Crippen LogP contribution in [0.2, 0.25) is 0 Å². The second-order valence-corrected chi connectivity index (χ2v) is 12.4. The molecule has 0 spiro atoms. The molecule has 9 aromatic carbocycles. The van der Waals surface area contributed by atoms with Gasteiger partial charge < -0.3 is 0 Å². The van der Waals surface area contributed by atoms with Crippen LogP contribution in [0.1, 0.15) is 11.1 Å². The molecule has 0 heteroatoms. The van der Waals surface area contributed by atoms with Crippen LogP contribution in [-0.2, 0) is 0 Å². The molecule has 9 aromatic rings. The van der Waals surface area contributed by atoms with E-state index in [1.807, 2.05) is 0 Å². The first-order valence-corrected chi connectivity index (χ1v) is 16.6. The topological polar surface area (TPSA) is 0 Å². The lowest BCUT2D eigenvalue weighted by Crippen LogP contribution is -1.92. The van der Waals surface area contributed by atoms with Crippen molar-refractivity contribution in [3.63, 3.8) is 0 Å². The standard InChI is InChI=1S/C48H32/c1-2-13-34(14-3-1)35-28-25-33(26-29-35)27-30-37-31-32-46(40-19-7-6-17-38(37)40)48-44-22-10-8-20-42(44)47(43-21-9-11-23-45(43)48)41-24-12-16-36-15-4-5-18-39(36)41/h1-32H. The molecule has 9 rings (SSSR count). The number of benzene rings is 9. The van der Waals surface area contributed by atoms with Crippen molar-refractivity contribution in [2.45, 2.75) is 0 Å². The Kier molecular flexibility index (Phi) is 6.91. The van der Waals surface area contributed by atoms with Crippen molar-refractivity contribution in [1.29, 1.82) is 0 Å². The largest absolute Gasteiger partial charge is 0.0622 e. The molecule has 0 radical (unpaired) electrons. The van der Waals surface area contributed by atoms with Crippen LogP contribution in [0.25, 0.3) is 88.6 Å². The van der Waals surface area contributed by atoms with E-state index < -0.39 is 0 Å². The van der Waals surface area contributed by atoms with Gasteiger partial charge in [-0.1, -0.05) is 194 Å². The fraction of sp³-hybridized carbons (Fsp3) is 0. The van der Waals surface area contributed by atoms with Crippen LogP contribution < -0.4 is 0 Å². The maximum absolute atomic E-state index is 2.33. The summed E-state index contributed by atoms with van der Waals surface area (Å²) in [6, 6.07) is 66.1. The second kappa shape index (κ2) is 11.8. The van der Waals surface area contributed by atoms with Crippen LogP contribution in [0, 0.1) is 0 Å².